The van der Waals surface area contributed by atoms with Gasteiger partial charge in [-0.25, -0.2) is 0 Å². The van der Waals surface area contributed by atoms with Crippen molar-refractivity contribution >= 4 is 11.6 Å². The third-order valence-corrected chi connectivity index (χ3v) is 5.43. The number of ether oxygens (including phenoxy) is 1. The van der Waals surface area contributed by atoms with Crippen LogP contribution in [0.3, 0.4) is 0 Å². The lowest BCUT2D eigenvalue weighted by molar-refractivity contribution is 0.114. The van der Waals surface area contributed by atoms with Gasteiger partial charge in [0, 0.05) is 58.6 Å². The minimum atomic E-state index is 0.345. The Labute approximate surface area is 164 Å². The number of unbranched alkanes of at least 4 members (excludes halogenated alkanes) is 1. The van der Waals surface area contributed by atoms with Crippen molar-refractivity contribution in [1.29, 1.82) is 0 Å². The predicted molar refractivity (Wildman–Crippen MR) is 113 cm³/mol. The maximum absolute atomic E-state index is 5.64. The van der Waals surface area contributed by atoms with E-state index in [4.69, 9.17) is 4.74 Å². The third kappa shape index (κ3) is 6.70. The zero-order valence-electron chi connectivity index (χ0n) is 16.7. The van der Waals surface area contributed by atoms with Gasteiger partial charge >= 0.3 is 0 Å². The topological polar surface area (TPSA) is 52.1 Å². The number of hydrogen-bond acceptors (Lipinski definition) is 4. The second kappa shape index (κ2) is 11.1. The molecule has 0 spiro atoms. The molecule has 0 aromatic heterocycles. The van der Waals surface area contributed by atoms with Crippen LogP contribution in [0.2, 0.25) is 0 Å². The van der Waals surface area contributed by atoms with Crippen molar-refractivity contribution in [3.63, 3.8) is 0 Å². The molecule has 0 saturated carbocycles. The zero-order valence-corrected chi connectivity index (χ0v) is 16.7. The van der Waals surface area contributed by atoms with Crippen molar-refractivity contribution in [2.75, 3.05) is 64.4 Å². The normalized spacial score (nSPS) is 21.4. The van der Waals surface area contributed by atoms with Crippen LogP contribution < -0.4 is 15.5 Å². The van der Waals surface area contributed by atoms with E-state index in [-0.39, 0.29) is 0 Å². The lowest BCUT2D eigenvalue weighted by atomic mass is 10.2. The standard InChI is InChI=1S/C21H35N5O/c1-22-21(24-18-20-10-7-17-27-20)23-11-5-6-12-25-13-15-26(16-14-25)19-8-3-2-4-9-19/h2-4,8-9,20H,5-7,10-18H2,1H3,(H2,22,23,24). The number of hydrogen-bond donors (Lipinski definition) is 2. The summed E-state index contributed by atoms with van der Waals surface area (Å²) < 4.78 is 5.64. The van der Waals surface area contributed by atoms with E-state index in [2.05, 4.69) is 55.8 Å². The summed E-state index contributed by atoms with van der Waals surface area (Å²) in [6.45, 7) is 8.48. The molecular formula is C21H35N5O. The van der Waals surface area contributed by atoms with Crippen LogP contribution in [0, 0.1) is 0 Å². The van der Waals surface area contributed by atoms with Gasteiger partial charge in [0.15, 0.2) is 5.96 Å². The fourth-order valence-corrected chi connectivity index (χ4v) is 3.77. The van der Waals surface area contributed by atoms with Crippen LogP contribution in [0.4, 0.5) is 5.69 Å². The fraction of sp³-hybridized carbons (Fsp3) is 0.667. The van der Waals surface area contributed by atoms with Gasteiger partial charge in [-0.2, -0.15) is 0 Å². The van der Waals surface area contributed by atoms with Crippen LogP contribution in [-0.2, 0) is 4.74 Å². The number of aliphatic imine (C=N–C) groups is 1. The molecule has 27 heavy (non-hydrogen) atoms. The Kier molecular flexibility index (Phi) is 8.24. The Morgan fingerprint density at radius 1 is 1.11 bits per heavy atom. The van der Waals surface area contributed by atoms with Crippen LogP contribution >= 0.6 is 0 Å². The number of para-hydroxylation sites is 1. The first-order chi connectivity index (χ1) is 13.3. The molecule has 2 fully saturated rings. The number of benzene rings is 1. The molecule has 6 heteroatoms. The highest BCUT2D eigenvalue weighted by atomic mass is 16.5. The summed E-state index contributed by atoms with van der Waals surface area (Å²) >= 11 is 0. The molecular weight excluding hydrogens is 338 g/mol. The van der Waals surface area contributed by atoms with E-state index < -0.39 is 0 Å². The van der Waals surface area contributed by atoms with Gasteiger partial charge in [-0.1, -0.05) is 18.2 Å². The lowest BCUT2D eigenvalue weighted by Crippen LogP contribution is -2.46. The van der Waals surface area contributed by atoms with Crippen molar-refractivity contribution in [3.05, 3.63) is 30.3 Å². The quantitative estimate of drug-likeness (QED) is 0.414. The maximum Gasteiger partial charge on any atom is 0.191 e. The van der Waals surface area contributed by atoms with E-state index in [0.29, 0.717) is 6.10 Å². The summed E-state index contributed by atoms with van der Waals surface area (Å²) in [4.78, 5) is 9.37. The van der Waals surface area contributed by atoms with Gasteiger partial charge in [0.1, 0.15) is 0 Å². The zero-order chi connectivity index (χ0) is 18.7. The highest BCUT2D eigenvalue weighted by molar-refractivity contribution is 5.79. The van der Waals surface area contributed by atoms with Gasteiger partial charge in [-0.15, -0.1) is 0 Å². The van der Waals surface area contributed by atoms with E-state index in [0.717, 1.165) is 58.3 Å². The van der Waals surface area contributed by atoms with E-state index in [1.54, 1.807) is 0 Å². The van der Waals surface area contributed by atoms with Crippen LogP contribution in [0.5, 0.6) is 0 Å². The molecule has 2 heterocycles. The Hall–Kier alpha value is -1.79. The molecule has 1 atom stereocenters. The molecule has 1 aromatic carbocycles. The summed E-state index contributed by atoms with van der Waals surface area (Å²) in [6.07, 6.45) is 5.07. The van der Waals surface area contributed by atoms with Gasteiger partial charge < -0.3 is 20.3 Å². The van der Waals surface area contributed by atoms with Crippen LogP contribution in [0.15, 0.2) is 35.3 Å². The minimum Gasteiger partial charge on any atom is -0.376 e. The van der Waals surface area contributed by atoms with Crippen molar-refractivity contribution in [2.24, 2.45) is 4.99 Å². The average molecular weight is 374 g/mol. The average Bonchev–Trinajstić information content (AvgIpc) is 3.25. The van der Waals surface area contributed by atoms with Gasteiger partial charge in [0.2, 0.25) is 0 Å². The van der Waals surface area contributed by atoms with E-state index >= 15 is 0 Å². The number of anilines is 1. The van der Waals surface area contributed by atoms with E-state index in [1.807, 2.05) is 7.05 Å². The molecule has 3 rings (SSSR count). The summed E-state index contributed by atoms with van der Waals surface area (Å²) in [7, 11) is 1.83. The molecule has 0 amide bonds. The first kappa shape index (κ1) is 20.0. The van der Waals surface area contributed by atoms with Gasteiger partial charge in [-0.05, 0) is 44.4 Å². The predicted octanol–water partition coefficient (Wildman–Crippen LogP) is 1.93. The molecule has 6 nitrogen and oxygen atoms in total. The van der Waals surface area contributed by atoms with E-state index in [9.17, 15) is 0 Å². The smallest absolute Gasteiger partial charge is 0.191 e. The molecule has 1 unspecified atom stereocenters. The second-order valence-electron chi connectivity index (χ2n) is 7.39. The van der Waals surface area contributed by atoms with Crippen molar-refractivity contribution in [1.82, 2.24) is 15.5 Å². The summed E-state index contributed by atoms with van der Waals surface area (Å²) in [5, 5.41) is 6.79. The van der Waals surface area contributed by atoms with Gasteiger partial charge in [0.25, 0.3) is 0 Å². The van der Waals surface area contributed by atoms with E-state index in [1.165, 1.54) is 31.5 Å². The Morgan fingerprint density at radius 2 is 1.93 bits per heavy atom. The largest absolute Gasteiger partial charge is 0.376 e. The Balaban J connectivity index is 1.23. The highest BCUT2D eigenvalue weighted by Crippen LogP contribution is 2.15. The highest BCUT2D eigenvalue weighted by Gasteiger charge is 2.17. The summed E-state index contributed by atoms with van der Waals surface area (Å²) in [5.41, 5.74) is 1.35. The third-order valence-electron chi connectivity index (χ3n) is 5.43. The molecule has 2 aliphatic rings. The first-order valence-corrected chi connectivity index (χ1v) is 10.4. The number of nitrogens with zero attached hydrogens (tertiary/aromatic N) is 3. The summed E-state index contributed by atoms with van der Waals surface area (Å²) in [5.74, 6) is 0.891. The lowest BCUT2D eigenvalue weighted by Gasteiger charge is -2.36. The molecule has 150 valence electrons. The van der Waals surface area contributed by atoms with Crippen molar-refractivity contribution < 1.29 is 4.74 Å². The number of piperazine rings is 1. The van der Waals surface area contributed by atoms with Crippen LogP contribution in [-0.4, -0.2) is 76.4 Å². The monoisotopic (exact) mass is 373 g/mol. The number of guanidine groups is 1. The number of nitrogens with one attached hydrogen (secondary N) is 2. The Bertz CT molecular complexity index is 551. The van der Waals surface area contributed by atoms with Gasteiger partial charge in [0.05, 0.1) is 6.10 Å². The van der Waals surface area contributed by atoms with Crippen molar-refractivity contribution in [2.45, 2.75) is 31.8 Å². The van der Waals surface area contributed by atoms with Gasteiger partial charge in [-0.3, -0.25) is 9.89 Å². The molecule has 0 radical (unpaired) electrons. The SMILES string of the molecule is CN=C(NCCCCN1CCN(c2ccccc2)CC1)NCC1CCCO1. The van der Waals surface area contributed by atoms with Crippen molar-refractivity contribution in [3.8, 4) is 0 Å². The minimum absolute atomic E-state index is 0.345. The fourth-order valence-electron chi connectivity index (χ4n) is 3.77. The molecule has 0 bridgehead atoms. The number of rotatable bonds is 8. The summed E-state index contributed by atoms with van der Waals surface area (Å²) in [6, 6.07) is 10.7. The first-order valence-electron chi connectivity index (χ1n) is 10.4. The van der Waals surface area contributed by atoms with Crippen LogP contribution in [0.25, 0.3) is 0 Å². The maximum atomic E-state index is 5.64. The molecule has 2 aliphatic heterocycles. The molecule has 2 saturated heterocycles. The molecule has 2 N–H and O–H groups in total. The molecule has 0 aliphatic carbocycles. The second-order valence-corrected chi connectivity index (χ2v) is 7.39. The Morgan fingerprint density at radius 3 is 2.63 bits per heavy atom. The molecule has 1 aromatic rings. The van der Waals surface area contributed by atoms with Crippen LogP contribution in [0.1, 0.15) is 25.7 Å².